The highest BCUT2D eigenvalue weighted by atomic mass is 16.5. The van der Waals surface area contributed by atoms with E-state index in [1.54, 1.807) is 14.2 Å². The van der Waals surface area contributed by atoms with Gasteiger partial charge in [0.25, 0.3) is 0 Å². The molecule has 112 valence electrons. The first-order valence-electron chi connectivity index (χ1n) is 6.85. The minimum atomic E-state index is -0.161. The Kier molecular flexibility index (Phi) is 5.60. The Balaban J connectivity index is 2.04. The molecule has 4 heteroatoms. The quantitative estimate of drug-likeness (QED) is 0.850. The summed E-state index contributed by atoms with van der Waals surface area (Å²) in [5, 5.41) is 0. The molecule has 0 heterocycles. The van der Waals surface area contributed by atoms with Crippen LogP contribution in [-0.4, -0.2) is 20.8 Å². The SMILES string of the molecule is COc1cccc(COC(CN)c2cccc(OC)c2)c1. The van der Waals surface area contributed by atoms with Gasteiger partial charge in [0.05, 0.1) is 26.9 Å². The maximum Gasteiger partial charge on any atom is 0.119 e. The van der Waals surface area contributed by atoms with Crippen molar-refractivity contribution >= 4 is 0 Å². The van der Waals surface area contributed by atoms with Gasteiger partial charge in [-0.1, -0.05) is 24.3 Å². The van der Waals surface area contributed by atoms with Crippen molar-refractivity contribution in [1.29, 1.82) is 0 Å². The first kappa shape index (κ1) is 15.4. The van der Waals surface area contributed by atoms with Crippen LogP contribution in [-0.2, 0) is 11.3 Å². The molecule has 0 aliphatic carbocycles. The first-order chi connectivity index (χ1) is 10.3. The van der Waals surface area contributed by atoms with Crippen molar-refractivity contribution in [1.82, 2.24) is 0 Å². The Labute approximate surface area is 125 Å². The molecule has 2 N–H and O–H groups in total. The third kappa shape index (κ3) is 4.21. The summed E-state index contributed by atoms with van der Waals surface area (Å²) in [5.74, 6) is 1.62. The molecule has 21 heavy (non-hydrogen) atoms. The molecular weight excluding hydrogens is 266 g/mol. The molecule has 0 bridgehead atoms. The van der Waals surface area contributed by atoms with Gasteiger partial charge in [0.2, 0.25) is 0 Å². The summed E-state index contributed by atoms with van der Waals surface area (Å²) >= 11 is 0. The predicted molar refractivity (Wildman–Crippen MR) is 82.6 cm³/mol. The van der Waals surface area contributed by atoms with Crippen LogP contribution in [0, 0.1) is 0 Å². The number of rotatable bonds is 7. The molecule has 2 aromatic rings. The minimum Gasteiger partial charge on any atom is -0.497 e. The highest BCUT2D eigenvalue weighted by molar-refractivity contribution is 5.30. The van der Waals surface area contributed by atoms with E-state index in [4.69, 9.17) is 19.9 Å². The van der Waals surface area contributed by atoms with Gasteiger partial charge in [0.1, 0.15) is 11.5 Å². The molecule has 4 nitrogen and oxygen atoms in total. The first-order valence-corrected chi connectivity index (χ1v) is 6.85. The second kappa shape index (κ2) is 7.67. The molecule has 1 unspecified atom stereocenters. The van der Waals surface area contributed by atoms with Gasteiger partial charge in [-0.15, -0.1) is 0 Å². The maximum atomic E-state index is 5.93. The summed E-state index contributed by atoms with van der Waals surface area (Å²) in [6, 6.07) is 15.6. The summed E-state index contributed by atoms with van der Waals surface area (Å²) in [6.45, 7) is 0.896. The number of benzene rings is 2. The van der Waals surface area contributed by atoms with Gasteiger partial charge < -0.3 is 19.9 Å². The van der Waals surface area contributed by atoms with Crippen LogP contribution < -0.4 is 15.2 Å². The molecule has 0 saturated carbocycles. The zero-order chi connectivity index (χ0) is 15.1. The Hall–Kier alpha value is -2.04. The van der Waals surface area contributed by atoms with E-state index in [1.165, 1.54) is 0 Å². The summed E-state index contributed by atoms with van der Waals surface area (Å²) < 4.78 is 16.4. The van der Waals surface area contributed by atoms with Crippen LogP contribution in [0.3, 0.4) is 0 Å². The third-order valence-electron chi connectivity index (χ3n) is 3.26. The molecule has 2 aromatic carbocycles. The second-order valence-electron chi connectivity index (χ2n) is 4.66. The highest BCUT2D eigenvalue weighted by Gasteiger charge is 2.11. The molecule has 0 saturated heterocycles. The fourth-order valence-electron chi connectivity index (χ4n) is 2.10. The Morgan fingerprint density at radius 1 is 0.952 bits per heavy atom. The van der Waals surface area contributed by atoms with Crippen LogP contribution >= 0.6 is 0 Å². The molecule has 1 atom stereocenters. The van der Waals surface area contributed by atoms with E-state index in [0.29, 0.717) is 13.2 Å². The van der Waals surface area contributed by atoms with Crippen molar-refractivity contribution in [2.75, 3.05) is 20.8 Å². The Bertz CT molecular complexity index is 571. The summed E-state index contributed by atoms with van der Waals surface area (Å²) in [6.07, 6.45) is -0.161. The molecule has 0 aliphatic rings. The number of methoxy groups -OCH3 is 2. The largest absolute Gasteiger partial charge is 0.497 e. The number of nitrogens with two attached hydrogens (primary N) is 1. The predicted octanol–water partition coefficient (Wildman–Crippen LogP) is 2.92. The van der Waals surface area contributed by atoms with E-state index in [1.807, 2.05) is 48.5 Å². The average molecular weight is 287 g/mol. The Morgan fingerprint density at radius 2 is 1.62 bits per heavy atom. The van der Waals surface area contributed by atoms with E-state index in [2.05, 4.69) is 0 Å². The number of hydrogen-bond donors (Lipinski definition) is 1. The molecule has 0 amide bonds. The van der Waals surface area contributed by atoms with Crippen molar-refractivity contribution in [3.05, 3.63) is 59.7 Å². The lowest BCUT2D eigenvalue weighted by Crippen LogP contribution is -2.16. The minimum absolute atomic E-state index is 0.161. The van der Waals surface area contributed by atoms with Gasteiger partial charge in [-0.25, -0.2) is 0 Å². The fraction of sp³-hybridized carbons (Fsp3) is 0.294. The van der Waals surface area contributed by atoms with Gasteiger partial charge in [-0.05, 0) is 35.4 Å². The fourth-order valence-corrected chi connectivity index (χ4v) is 2.10. The zero-order valence-electron chi connectivity index (χ0n) is 12.4. The molecule has 0 spiro atoms. The van der Waals surface area contributed by atoms with E-state index in [0.717, 1.165) is 22.6 Å². The molecule has 0 fully saturated rings. The normalized spacial score (nSPS) is 12.0. The maximum absolute atomic E-state index is 5.93. The third-order valence-corrected chi connectivity index (χ3v) is 3.26. The zero-order valence-corrected chi connectivity index (χ0v) is 12.4. The molecular formula is C17H21NO3. The number of ether oxygens (including phenoxy) is 3. The Morgan fingerprint density at radius 3 is 2.29 bits per heavy atom. The van der Waals surface area contributed by atoms with E-state index in [9.17, 15) is 0 Å². The summed E-state index contributed by atoms with van der Waals surface area (Å²) in [7, 11) is 3.30. The number of hydrogen-bond acceptors (Lipinski definition) is 4. The van der Waals surface area contributed by atoms with Crippen LogP contribution in [0.4, 0.5) is 0 Å². The van der Waals surface area contributed by atoms with Crippen LogP contribution in [0.25, 0.3) is 0 Å². The van der Waals surface area contributed by atoms with E-state index in [-0.39, 0.29) is 6.10 Å². The van der Waals surface area contributed by atoms with E-state index < -0.39 is 0 Å². The van der Waals surface area contributed by atoms with Crippen molar-refractivity contribution < 1.29 is 14.2 Å². The molecule has 0 radical (unpaired) electrons. The second-order valence-corrected chi connectivity index (χ2v) is 4.66. The summed E-state index contributed by atoms with van der Waals surface area (Å²) in [5.41, 5.74) is 7.89. The van der Waals surface area contributed by atoms with Crippen LogP contribution in [0.15, 0.2) is 48.5 Å². The molecule has 0 aromatic heterocycles. The van der Waals surface area contributed by atoms with Gasteiger partial charge in [-0.2, -0.15) is 0 Å². The van der Waals surface area contributed by atoms with Crippen LogP contribution in [0.2, 0.25) is 0 Å². The lowest BCUT2D eigenvalue weighted by Gasteiger charge is -2.17. The lowest BCUT2D eigenvalue weighted by atomic mass is 10.1. The summed E-state index contributed by atoms with van der Waals surface area (Å²) in [4.78, 5) is 0. The average Bonchev–Trinajstić information content (AvgIpc) is 2.56. The van der Waals surface area contributed by atoms with Gasteiger partial charge in [0.15, 0.2) is 0 Å². The highest BCUT2D eigenvalue weighted by Crippen LogP contribution is 2.23. The van der Waals surface area contributed by atoms with E-state index >= 15 is 0 Å². The van der Waals surface area contributed by atoms with Crippen molar-refractivity contribution in [3.63, 3.8) is 0 Å². The molecule has 0 aliphatic heterocycles. The smallest absolute Gasteiger partial charge is 0.119 e. The lowest BCUT2D eigenvalue weighted by molar-refractivity contribution is 0.0454. The van der Waals surface area contributed by atoms with Crippen molar-refractivity contribution in [2.45, 2.75) is 12.7 Å². The van der Waals surface area contributed by atoms with Crippen molar-refractivity contribution in [2.24, 2.45) is 5.73 Å². The van der Waals surface area contributed by atoms with Crippen LogP contribution in [0.5, 0.6) is 11.5 Å². The monoisotopic (exact) mass is 287 g/mol. The van der Waals surface area contributed by atoms with Crippen molar-refractivity contribution in [3.8, 4) is 11.5 Å². The van der Waals surface area contributed by atoms with Gasteiger partial charge >= 0.3 is 0 Å². The van der Waals surface area contributed by atoms with Gasteiger partial charge in [-0.3, -0.25) is 0 Å². The molecule has 2 rings (SSSR count). The topological polar surface area (TPSA) is 53.7 Å². The van der Waals surface area contributed by atoms with Gasteiger partial charge in [0, 0.05) is 6.54 Å². The van der Waals surface area contributed by atoms with Crippen LogP contribution in [0.1, 0.15) is 17.2 Å². The standard InChI is InChI=1S/C17H21NO3/c1-19-15-7-3-5-13(9-15)12-21-17(11-18)14-6-4-8-16(10-14)20-2/h3-10,17H,11-12,18H2,1-2H3.